The van der Waals surface area contributed by atoms with Crippen molar-refractivity contribution in [2.45, 2.75) is 24.0 Å². The maximum atomic E-state index is 13.3. The Kier molecular flexibility index (Phi) is 9.32. The molecule has 0 fully saturated rings. The molecule has 0 aliphatic carbocycles. The van der Waals surface area contributed by atoms with E-state index in [0.717, 1.165) is 21.7 Å². The number of hydrogen-bond donors (Lipinski definition) is 3. The van der Waals surface area contributed by atoms with Gasteiger partial charge in [0.1, 0.15) is 5.70 Å². The number of aryl methyl sites for hydroxylation is 1. The molecule has 1 atom stereocenters. The van der Waals surface area contributed by atoms with Gasteiger partial charge < -0.3 is 16.0 Å². The summed E-state index contributed by atoms with van der Waals surface area (Å²) in [5, 5.41) is 8.17. The van der Waals surface area contributed by atoms with Gasteiger partial charge in [-0.3, -0.25) is 14.4 Å². The molecular formula is C32H29N3O3S. The van der Waals surface area contributed by atoms with E-state index in [9.17, 15) is 14.4 Å². The van der Waals surface area contributed by atoms with E-state index >= 15 is 0 Å². The van der Waals surface area contributed by atoms with Crippen molar-refractivity contribution in [2.24, 2.45) is 0 Å². The molecule has 6 nitrogen and oxygen atoms in total. The third kappa shape index (κ3) is 8.18. The van der Waals surface area contributed by atoms with Crippen LogP contribution in [0.15, 0.2) is 120 Å². The van der Waals surface area contributed by atoms with Crippen molar-refractivity contribution in [3.63, 3.8) is 0 Å². The van der Waals surface area contributed by atoms with Gasteiger partial charge in [-0.1, -0.05) is 72.3 Å². The summed E-state index contributed by atoms with van der Waals surface area (Å²) in [7, 11) is 0. The van der Waals surface area contributed by atoms with Crippen molar-refractivity contribution < 1.29 is 14.4 Å². The fourth-order valence-electron chi connectivity index (χ4n) is 3.64. The Balaban J connectivity index is 1.48. The fourth-order valence-corrected chi connectivity index (χ4v) is 4.57. The number of rotatable bonds is 9. The van der Waals surface area contributed by atoms with Crippen LogP contribution in [0.1, 0.15) is 28.4 Å². The Labute approximate surface area is 232 Å². The average Bonchev–Trinajstić information content (AvgIpc) is 2.95. The van der Waals surface area contributed by atoms with Gasteiger partial charge in [0.05, 0.1) is 5.25 Å². The molecule has 3 N–H and O–H groups in total. The quantitative estimate of drug-likeness (QED) is 0.168. The standard InChI is InChI=1S/C32H29N3O3S/c1-22-16-18-24(19-17-22)20-29(35-31(37)25-10-5-3-6-11-25)32(38)34-27-14-9-15-28(21-27)39-23(2)30(36)33-26-12-7-4-8-13-26/h3-21,23H,1-2H3,(H,33,36)(H,34,38)(H,35,37)/b29-20-. The van der Waals surface area contributed by atoms with Crippen LogP contribution in [0, 0.1) is 6.92 Å². The Morgan fingerprint density at radius 3 is 2.08 bits per heavy atom. The van der Waals surface area contributed by atoms with E-state index in [4.69, 9.17) is 0 Å². The SMILES string of the molecule is Cc1ccc(/C=C(\NC(=O)c2ccccc2)C(=O)Nc2cccc(SC(C)C(=O)Nc3ccccc3)c2)cc1. The van der Waals surface area contributed by atoms with Gasteiger partial charge in [0.15, 0.2) is 0 Å². The summed E-state index contributed by atoms with van der Waals surface area (Å²) < 4.78 is 0. The lowest BCUT2D eigenvalue weighted by atomic mass is 10.1. The molecule has 0 bridgehead atoms. The summed E-state index contributed by atoms with van der Waals surface area (Å²) >= 11 is 1.38. The molecule has 4 aromatic carbocycles. The molecule has 3 amide bonds. The number of carbonyl (C=O) groups is 3. The van der Waals surface area contributed by atoms with Gasteiger partial charge in [0.2, 0.25) is 5.91 Å². The highest BCUT2D eigenvalue weighted by molar-refractivity contribution is 8.00. The first-order valence-corrected chi connectivity index (χ1v) is 13.3. The first kappa shape index (κ1) is 27.4. The van der Waals surface area contributed by atoms with E-state index < -0.39 is 5.91 Å². The Morgan fingerprint density at radius 1 is 0.744 bits per heavy atom. The maximum absolute atomic E-state index is 13.3. The lowest BCUT2D eigenvalue weighted by molar-refractivity contribution is -0.115. The summed E-state index contributed by atoms with van der Waals surface area (Å²) in [5.74, 6) is -0.962. The van der Waals surface area contributed by atoms with Gasteiger partial charge in [0.25, 0.3) is 11.8 Å². The van der Waals surface area contributed by atoms with Crippen molar-refractivity contribution >= 4 is 46.9 Å². The molecule has 0 saturated carbocycles. The van der Waals surface area contributed by atoms with Crippen molar-refractivity contribution in [3.8, 4) is 0 Å². The molecule has 0 spiro atoms. The number of anilines is 2. The molecule has 1 unspecified atom stereocenters. The number of benzene rings is 4. The van der Waals surface area contributed by atoms with Gasteiger partial charge in [-0.15, -0.1) is 11.8 Å². The minimum Gasteiger partial charge on any atom is -0.325 e. The lowest BCUT2D eigenvalue weighted by Gasteiger charge is -2.14. The zero-order chi connectivity index (χ0) is 27.6. The summed E-state index contributed by atoms with van der Waals surface area (Å²) in [6.45, 7) is 3.81. The normalized spacial score (nSPS) is 11.8. The number of nitrogens with one attached hydrogen (secondary N) is 3. The van der Waals surface area contributed by atoms with Crippen LogP contribution in [-0.2, 0) is 9.59 Å². The highest BCUT2D eigenvalue weighted by Gasteiger charge is 2.17. The summed E-state index contributed by atoms with van der Waals surface area (Å²) in [5.41, 5.74) is 3.71. The van der Waals surface area contributed by atoms with E-state index in [1.54, 1.807) is 42.5 Å². The second kappa shape index (κ2) is 13.3. The van der Waals surface area contributed by atoms with Crippen molar-refractivity contribution in [1.82, 2.24) is 5.32 Å². The average molecular weight is 536 g/mol. The minimum atomic E-state index is -0.461. The topological polar surface area (TPSA) is 87.3 Å². The molecule has 196 valence electrons. The number of hydrogen-bond acceptors (Lipinski definition) is 4. The minimum absolute atomic E-state index is 0.112. The molecule has 0 aliphatic rings. The maximum Gasteiger partial charge on any atom is 0.272 e. The van der Waals surface area contributed by atoms with Crippen LogP contribution in [0.2, 0.25) is 0 Å². The first-order valence-electron chi connectivity index (χ1n) is 12.5. The zero-order valence-electron chi connectivity index (χ0n) is 21.7. The van der Waals surface area contributed by atoms with Crippen LogP contribution in [0.5, 0.6) is 0 Å². The molecular weight excluding hydrogens is 506 g/mol. The van der Waals surface area contributed by atoms with Gasteiger partial charge in [-0.05, 0) is 68.0 Å². The molecule has 0 aromatic heterocycles. The largest absolute Gasteiger partial charge is 0.325 e. The predicted octanol–water partition coefficient (Wildman–Crippen LogP) is 6.52. The van der Waals surface area contributed by atoms with Crippen molar-refractivity contribution in [3.05, 3.63) is 132 Å². The van der Waals surface area contributed by atoms with Gasteiger partial charge in [-0.2, -0.15) is 0 Å². The highest BCUT2D eigenvalue weighted by atomic mass is 32.2. The van der Waals surface area contributed by atoms with E-state index in [2.05, 4.69) is 16.0 Å². The van der Waals surface area contributed by atoms with E-state index in [-0.39, 0.29) is 22.8 Å². The summed E-state index contributed by atoms with van der Waals surface area (Å²) in [4.78, 5) is 39.6. The molecule has 4 aromatic rings. The monoisotopic (exact) mass is 535 g/mol. The van der Waals surface area contributed by atoms with Crippen LogP contribution >= 0.6 is 11.8 Å². The molecule has 4 rings (SSSR count). The van der Waals surface area contributed by atoms with Gasteiger partial charge in [-0.25, -0.2) is 0 Å². The smallest absolute Gasteiger partial charge is 0.272 e. The van der Waals surface area contributed by atoms with E-state index in [1.807, 2.05) is 86.6 Å². The Morgan fingerprint density at radius 2 is 1.38 bits per heavy atom. The third-order valence-electron chi connectivity index (χ3n) is 5.73. The van der Waals surface area contributed by atoms with Crippen molar-refractivity contribution in [1.29, 1.82) is 0 Å². The number of amides is 3. The molecule has 7 heteroatoms. The van der Waals surface area contributed by atoms with Crippen LogP contribution in [-0.4, -0.2) is 23.0 Å². The molecule has 0 saturated heterocycles. The fraction of sp³-hybridized carbons (Fsp3) is 0.0938. The second-order valence-corrected chi connectivity index (χ2v) is 10.3. The number of thioether (sulfide) groups is 1. The van der Waals surface area contributed by atoms with Crippen molar-refractivity contribution in [2.75, 3.05) is 10.6 Å². The first-order chi connectivity index (χ1) is 18.9. The Bertz CT molecular complexity index is 1470. The Hall–Kier alpha value is -4.62. The predicted molar refractivity (Wildman–Crippen MR) is 159 cm³/mol. The lowest BCUT2D eigenvalue weighted by Crippen LogP contribution is -2.30. The van der Waals surface area contributed by atoms with E-state index in [0.29, 0.717) is 11.3 Å². The van der Waals surface area contributed by atoms with Crippen LogP contribution in [0.4, 0.5) is 11.4 Å². The summed E-state index contributed by atoms with van der Waals surface area (Å²) in [6, 6.07) is 32.9. The number of para-hydroxylation sites is 1. The zero-order valence-corrected chi connectivity index (χ0v) is 22.5. The highest BCUT2D eigenvalue weighted by Crippen LogP contribution is 2.27. The molecule has 0 radical (unpaired) electrons. The van der Waals surface area contributed by atoms with Crippen LogP contribution in [0.25, 0.3) is 6.08 Å². The third-order valence-corrected chi connectivity index (χ3v) is 6.83. The molecule has 39 heavy (non-hydrogen) atoms. The van der Waals surface area contributed by atoms with E-state index in [1.165, 1.54) is 11.8 Å². The molecule has 0 aliphatic heterocycles. The van der Waals surface area contributed by atoms with Gasteiger partial charge in [0, 0.05) is 21.8 Å². The van der Waals surface area contributed by atoms with Gasteiger partial charge >= 0.3 is 0 Å². The van der Waals surface area contributed by atoms with Crippen LogP contribution < -0.4 is 16.0 Å². The number of carbonyl (C=O) groups excluding carboxylic acids is 3. The molecule has 0 heterocycles. The van der Waals surface area contributed by atoms with Crippen LogP contribution in [0.3, 0.4) is 0 Å². The second-order valence-electron chi connectivity index (χ2n) is 8.89. The summed E-state index contributed by atoms with van der Waals surface area (Å²) in [6.07, 6.45) is 1.64.